The van der Waals surface area contributed by atoms with Crippen LogP contribution in [0.15, 0.2) is 78.9 Å². The van der Waals surface area contributed by atoms with E-state index in [1.807, 2.05) is 19.2 Å². The lowest BCUT2D eigenvalue weighted by Gasteiger charge is -2.29. The van der Waals surface area contributed by atoms with Crippen molar-refractivity contribution in [1.29, 1.82) is 0 Å². The lowest BCUT2D eigenvalue weighted by molar-refractivity contribution is -0.0591. The minimum absolute atomic E-state index is 0.0923. The highest BCUT2D eigenvalue weighted by atomic mass is 35.5. The van der Waals surface area contributed by atoms with Crippen LogP contribution in [0.4, 0.5) is 14.5 Å². The molecule has 1 saturated heterocycles. The Hall–Kier alpha value is -5.17. The lowest BCUT2D eigenvalue weighted by Crippen LogP contribution is -2.33. The lowest BCUT2D eigenvalue weighted by atomic mass is 10.0. The van der Waals surface area contributed by atoms with E-state index >= 15 is 0 Å². The van der Waals surface area contributed by atoms with Gasteiger partial charge in [0.2, 0.25) is 11.8 Å². The number of carbonyl (C=O) groups excluding carboxylic acids is 1. The first kappa shape index (κ1) is 34.3. The summed E-state index contributed by atoms with van der Waals surface area (Å²) >= 11 is 5.85. The number of hydrogen-bond donors (Lipinski definition) is 2. The quantitative estimate of drug-likeness (QED) is 0.141. The highest BCUT2D eigenvalue weighted by Gasteiger charge is 2.24. The summed E-state index contributed by atoms with van der Waals surface area (Å²) in [6, 6.07) is 21.3. The van der Waals surface area contributed by atoms with Crippen LogP contribution in [0, 0.1) is 11.8 Å². The van der Waals surface area contributed by atoms with Crippen molar-refractivity contribution in [3.05, 3.63) is 118 Å². The topological polar surface area (TPSA) is 110 Å². The Bertz CT molecular complexity index is 2220. The number of aromatic nitrogens is 5. The summed E-state index contributed by atoms with van der Waals surface area (Å²) in [6.45, 7) is 4.23. The van der Waals surface area contributed by atoms with Gasteiger partial charge in [0.15, 0.2) is 0 Å². The summed E-state index contributed by atoms with van der Waals surface area (Å²) in [5, 5.41) is 9.82. The van der Waals surface area contributed by atoms with Gasteiger partial charge in [-0.15, -0.1) is 0 Å². The Balaban J connectivity index is 0.000000285. The number of ether oxygens (including phenoxy) is 2. The average Bonchev–Trinajstić information content (AvgIpc) is 3.68. The van der Waals surface area contributed by atoms with Gasteiger partial charge in [0.1, 0.15) is 24.5 Å². The molecule has 10 nitrogen and oxygen atoms in total. The predicted molar refractivity (Wildman–Crippen MR) is 193 cm³/mol. The van der Waals surface area contributed by atoms with Crippen LogP contribution in [0.1, 0.15) is 40.3 Å². The summed E-state index contributed by atoms with van der Waals surface area (Å²) in [5.41, 5.74) is 6.71. The summed E-state index contributed by atoms with van der Waals surface area (Å²) in [7, 11) is 1.94. The minimum atomic E-state index is -0.506. The van der Waals surface area contributed by atoms with Crippen LogP contribution in [0.2, 0.25) is 5.02 Å². The van der Waals surface area contributed by atoms with Crippen LogP contribution in [0.3, 0.4) is 0 Å². The Labute approximate surface area is 298 Å². The van der Waals surface area contributed by atoms with Gasteiger partial charge in [-0.25, -0.2) is 14.4 Å². The summed E-state index contributed by atoms with van der Waals surface area (Å²) in [6.07, 6.45) is 5.12. The molecule has 0 bridgehead atoms. The maximum absolute atomic E-state index is 14.1. The molecule has 2 aliphatic heterocycles. The number of aromatic amines is 1. The summed E-state index contributed by atoms with van der Waals surface area (Å²) < 4.78 is 40.8. The monoisotopic (exact) mass is 711 g/mol. The summed E-state index contributed by atoms with van der Waals surface area (Å²) in [4.78, 5) is 22.4. The number of anilines is 1. The van der Waals surface area contributed by atoms with Crippen molar-refractivity contribution in [2.45, 2.75) is 38.6 Å². The smallest absolute Gasteiger partial charge is 0.216 e. The van der Waals surface area contributed by atoms with Crippen LogP contribution in [-0.4, -0.2) is 68.8 Å². The molecule has 1 unspecified atom stereocenters. The fourth-order valence-corrected chi connectivity index (χ4v) is 6.27. The number of halogens is 3. The van der Waals surface area contributed by atoms with E-state index in [0.29, 0.717) is 39.2 Å². The van der Waals surface area contributed by atoms with Crippen LogP contribution in [0.25, 0.3) is 27.5 Å². The number of rotatable bonds is 10. The third-order valence-electron chi connectivity index (χ3n) is 9.06. The SMILES string of the molecule is CNc1ccc2nc(CN3CC=C(c4cccc(OCc5ccc(Cl)cc5F)n4)CC3)n(CC3CCO3)c2c1.O=Cc1ccc2n[nH]c(F)c2c1. The third-order valence-corrected chi connectivity index (χ3v) is 9.30. The zero-order chi connectivity index (χ0) is 35.3. The molecule has 0 radical (unpaired) electrons. The number of imidazole rings is 1. The molecule has 2 aliphatic rings. The van der Waals surface area contributed by atoms with Crippen molar-refractivity contribution in [2.75, 3.05) is 32.1 Å². The van der Waals surface area contributed by atoms with Gasteiger partial charge in [-0.2, -0.15) is 9.49 Å². The van der Waals surface area contributed by atoms with Gasteiger partial charge in [-0.3, -0.25) is 14.8 Å². The second-order valence-corrected chi connectivity index (χ2v) is 12.8. The van der Waals surface area contributed by atoms with Crippen molar-refractivity contribution in [2.24, 2.45) is 0 Å². The molecule has 1 atom stereocenters. The largest absolute Gasteiger partial charge is 0.473 e. The van der Waals surface area contributed by atoms with Crippen molar-refractivity contribution in [1.82, 2.24) is 29.6 Å². The third kappa shape index (κ3) is 7.93. The van der Waals surface area contributed by atoms with Crippen molar-refractivity contribution < 1.29 is 23.0 Å². The van der Waals surface area contributed by atoms with E-state index in [1.54, 1.807) is 30.3 Å². The highest BCUT2D eigenvalue weighted by Crippen LogP contribution is 2.27. The number of H-pyrrole nitrogens is 1. The normalized spacial score (nSPS) is 15.9. The molecule has 1 fully saturated rings. The van der Waals surface area contributed by atoms with E-state index in [9.17, 15) is 13.6 Å². The molecule has 0 aliphatic carbocycles. The molecule has 8 rings (SSSR count). The average molecular weight is 712 g/mol. The molecular formula is C38H36ClF2N7O3. The number of aldehydes is 1. The molecule has 0 saturated carbocycles. The van der Waals surface area contributed by atoms with Gasteiger partial charge in [0.25, 0.3) is 0 Å². The van der Waals surface area contributed by atoms with Crippen molar-refractivity contribution in [3.63, 3.8) is 0 Å². The van der Waals surface area contributed by atoms with E-state index in [-0.39, 0.29) is 18.5 Å². The highest BCUT2D eigenvalue weighted by molar-refractivity contribution is 6.30. The molecule has 2 N–H and O–H groups in total. The van der Waals surface area contributed by atoms with Crippen molar-refractivity contribution >= 4 is 51.1 Å². The van der Waals surface area contributed by atoms with Crippen LogP contribution in [-0.2, 0) is 24.4 Å². The Morgan fingerprint density at radius 3 is 2.69 bits per heavy atom. The van der Waals surface area contributed by atoms with E-state index in [0.717, 1.165) is 73.9 Å². The fourth-order valence-electron chi connectivity index (χ4n) is 6.11. The fraction of sp³-hybridized carbons (Fsp3) is 0.263. The second-order valence-electron chi connectivity index (χ2n) is 12.4. The molecule has 3 aromatic heterocycles. The Morgan fingerprint density at radius 1 is 1.08 bits per heavy atom. The molecule has 6 aromatic rings. The first-order valence-corrected chi connectivity index (χ1v) is 17.1. The van der Waals surface area contributed by atoms with E-state index in [2.05, 4.69) is 54.2 Å². The van der Waals surface area contributed by atoms with Crippen molar-refractivity contribution in [3.8, 4) is 5.88 Å². The predicted octanol–water partition coefficient (Wildman–Crippen LogP) is 7.44. The zero-order valence-corrected chi connectivity index (χ0v) is 28.7. The van der Waals surface area contributed by atoms with E-state index < -0.39 is 5.95 Å². The number of pyridine rings is 1. The van der Waals surface area contributed by atoms with Gasteiger partial charge in [0, 0.05) is 54.6 Å². The number of nitrogens with one attached hydrogen (secondary N) is 2. The Morgan fingerprint density at radius 2 is 1.94 bits per heavy atom. The number of nitrogens with zero attached hydrogens (tertiary/aromatic N) is 5. The molecule has 13 heteroatoms. The number of benzene rings is 3. The maximum atomic E-state index is 14.1. The molecule has 0 spiro atoms. The molecule has 0 amide bonds. The zero-order valence-electron chi connectivity index (χ0n) is 27.9. The van der Waals surface area contributed by atoms with Gasteiger partial charge in [-0.05, 0) is 73.0 Å². The first-order valence-electron chi connectivity index (χ1n) is 16.7. The standard InChI is InChI=1S/C30H31ClFN5O2.C8H5FN2O/c1-33-23-7-8-27-28(16-23)37(17-24-11-14-38-24)29(34-27)18-36-12-9-20(10-13-36)26-3-2-4-30(35-26)39-19-21-5-6-22(31)15-25(21)32;9-8-6-3-5(4-12)1-2-7(6)10-11-8/h2-9,15-16,24,33H,10-14,17-19H2,1H3;1-4H,(H,10,11). The minimum Gasteiger partial charge on any atom is -0.473 e. The molecule has 5 heterocycles. The second kappa shape index (κ2) is 15.4. The van der Waals surface area contributed by atoms with E-state index in [1.165, 1.54) is 17.7 Å². The van der Waals surface area contributed by atoms with Crippen LogP contribution >= 0.6 is 11.6 Å². The van der Waals surface area contributed by atoms with Gasteiger partial charge < -0.3 is 19.4 Å². The van der Waals surface area contributed by atoms with Crippen LogP contribution < -0.4 is 10.1 Å². The van der Waals surface area contributed by atoms with Crippen LogP contribution in [0.5, 0.6) is 5.88 Å². The van der Waals surface area contributed by atoms with E-state index in [4.69, 9.17) is 26.1 Å². The Kier molecular flexibility index (Phi) is 10.3. The first-order chi connectivity index (χ1) is 24.9. The van der Waals surface area contributed by atoms with Gasteiger partial charge in [0.05, 0.1) is 46.8 Å². The van der Waals surface area contributed by atoms with Gasteiger partial charge >= 0.3 is 0 Å². The molecule has 3 aromatic carbocycles. The van der Waals surface area contributed by atoms with Gasteiger partial charge in [-0.1, -0.05) is 29.8 Å². The number of carbonyl (C=O) groups is 1. The molecular weight excluding hydrogens is 676 g/mol. The maximum Gasteiger partial charge on any atom is 0.216 e. The number of fused-ring (bicyclic) bond motifs is 2. The molecule has 51 heavy (non-hydrogen) atoms. The summed E-state index contributed by atoms with van der Waals surface area (Å²) in [5.74, 6) is 0.644. The number of hydrogen-bond acceptors (Lipinski definition) is 8. The molecule has 262 valence electrons.